The molecule has 3 aromatic rings. The number of nitrogens with zero attached hydrogens (tertiary/aromatic N) is 2. The molecule has 0 fully saturated rings. The van der Waals surface area contributed by atoms with Crippen LogP contribution in [0.25, 0.3) is 11.0 Å². The summed E-state index contributed by atoms with van der Waals surface area (Å²) in [5.41, 5.74) is 5.70. The maximum absolute atomic E-state index is 4.51. The van der Waals surface area contributed by atoms with Gasteiger partial charge in [-0.25, -0.2) is 10.3 Å². The van der Waals surface area contributed by atoms with Crippen LogP contribution in [0.15, 0.2) is 42.6 Å². The van der Waals surface area contributed by atoms with Crippen molar-refractivity contribution >= 4 is 22.4 Å². The van der Waals surface area contributed by atoms with Gasteiger partial charge in [0.2, 0.25) is 0 Å². The predicted octanol–water partition coefficient (Wildman–Crippen LogP) is 2.97. The summed E-state index contributed by atoms with van der Waals surface area (Å²) < 4.78 is 0. The molecular weight excluding hydrogens is 248 g/mol. The third-order valence-corrected chi connectivity index (χ3v) is 3.73. The van der Waals surface area contributed by atoms with E-state index in [9.17, 15) is 0 Å². The molecule has 1 radical (unpaired) electrons. The Kier molecular flexibility index (Phi) is 2.67. The van der Waals surface area contributed by atoms with Gasteiger partial charge in [-0.05, 0) is 23.8 Å². The molecule has 4 rings (SSSR count). The quantitative estimate of drug-likeness (QED) is 0.747. The van der Waals surface area contributed by atoms with Crippen LogP contribution in [0.2, 0.25) is 0 Å². The number of anilines is 2. The van der Waals surface area contributed by atoms with E-state index >= 15 is 0 Å². The maximum atomic E-state index is 4.51. The average Bonchev–Trinajstić information content (AvgIpc) is 2.88. The second-order valence-corrected chi connectivity index (χ2v) is 5.01. The minimum absolute atomic E-state index is 0.782. The van der Waals surface area contributed by atoms with Gasteiger partial charge in [-0.3, -0.25) is 0 Å². The second kappa shape index (κ2) is 4.65. The normalized spacial score (nSPS) is 14.2. The highest BCUT2D eigenvalue weighted by molar-refractivity contribution is 5.95. The second-order valence-electron chi connectivity index (χ2n) is 5.01. The lowest BCUT2D eigenvalue weighted by Crippen LogP contribution is -2.16. The zero-order valence-electron chi connectivity index (χ0n) is 11.1. The highest BCUT2D eigenvalue weighted by Crippen LogP contribution is 2.31. The van der Waals surface area contributed by atoms with Gasteiger partial charge in [0.15, 0.2) is 0 Å². The third kappa shape index (κ3) is 1.85. The summed E-state index contributed by atoms with van der Waals surface area (Å²) in [6.45, 7) is 1.69. The van der Waals surface area contributed by atoms with E-state index in [0.717, 1.165) is 36.5 Å². The minimum Gasteiger partial charge on any atom is -0.355 e. The van der Waals surface area contributed by atoms with Crippen molar-refractivity contribution in [2.75, 3.05) is 11.9 Å². The molecule has 4 nitrogen and oxygen atoms in total. The van der Waals surface area contributed by atoms with E-state index in [1.807, 2.05) is 30.5 Å². The van der Waals surface area contributed by atoms with Crippen LogP contribution < -0.4 is 10.6 Å². The molecule has 1 aromatic carbocycles. The van der Waals surface area contributed by atoms with E-state index < -0.39 is 0 Å². The molecule has 4 heteroatoms. The predicted molar refractivity (Wildman–Crippen MR) is 80.2 cm³/mol. The molecule has 0 unspecified atom stereocenters. The summed E-state index contributed by atoms with van der Waals surface area (Å²) in [5, 5.41) is 9.17. The van der Waals surface area contributed by atoms with Gasteiger partial charge < -0.3 is 10.3 Å². The van der Waals surface area contributed by atoms with Gasteiger partial charge in [0.05, 0.1) is 5.69 Å². The van der Waals surface area contributed by atoms with Crippen LogP contribution >= 0.6 is 0 Å². The minimum atomic E-state index is 0.782. The van der Waals surface area contributed by atoms with Gasteiger partial charge >= 0.3 is 0 Å². The zero-order valence-corrected chi connectivity index (χ0v) is 11.1. The Balaban J connectivity index is 1.85. The van der Waals surface area contributed by atoms with E-state index in [0.29, 0.717) is 0 Å². The first-order valence-corrected chi connectivity index (χ1v) is 6.85. The van der Waals surface area contributed by atoms with Crippen molar-refractivity contribution in [3.8, 4) is 0 Å². The Bertz CT molecular complexity index is 746. The van der Waals surface area contributed by atoms with Crippen molar-refractivity contribution in [1.82, 2.24) is 15.3 Å². The van der Waals surface area contributed by atoms with E-state index in [4.69, 9.17) is 0 Å². The van der Waals surface area contributed by atoms with Gasteiger partial charge in [-0.15, -0.1) is 0 Å². The van der Waals surface area contributed by atoms with Crippen LogP contribution in [0.5, 0.6) is 0 Å². The van der Waals surface area contributed by atoms with Crippen LogP contribution in [-0.4, -0.2) is 16.5 Å². The lowest BCUT2D eigenvalue weighted by atomic mass is 10.1. The lowest BCUT2D eigenvalue weighted by Gasteiger charge is -2.13. The number of hydrogen-bond acceptors (Lipinski definition) is 2. The van der Waals surface area contributed by atoms with Crippen LogP contribution in [0.4, 0.5) is 11.4 Å². The van der Waals surface area contributed by atoms with Gasteiger partial charge in [0.1, 0.15) is 5.65 Å². The fraction of sp³-hybridized carbons (Fsp3) is 0.188. The van der Waals surface area contributed by atoms with E-state index in [1.165, 1.54) is 16.6 Å². The van der Waals surface area contributed by atoms with Crippen LogP contribution in [0.1, 0.15) is 11.3 Å². The van der Waals surface area contributed by atoms with E-state index in [1.54, 1.807) is 0 Å². The van der Waals surface area contributed by atoms with Crippen LogP contribution in [0, 0.1) is 0 Å². The zero-order chi connectivity index (χ0) is 13.4. The van der Waals surface area contributed by atoms with Gasteiger partial charge in [-0.1, -0.05) is 18.2 Å². The summed E-state index contributed by atoms with van der Waals surface area (Å²) in [4.78, 5) is 7.88. The van der Waals surface area contributed by atoms with Crippen LogP contribution in [0.3, 0.4) is 0 Å². The summed E-state index contributed by atoms with van der Waals surface area (Å²) in [5.74, 6) is 0. The molecule has 99 valence electrons. The Labute approximate surface area is 117 Å². The molecule has 1 aliphatic rings. The van der Waals surface area contributed by atoms with Crippen molar-refractivity contribution < 1.29 is 0 Å². The highest BCUT2D eigenvalue weighted by atomic mass is 15.0. The molecule has 1 aliphatic heterocycles. The monoisotopic (exact) mass is 263 g/mol. The maximum Gasteiger partial charge on any atom is 0.139 e. The van der Waals surface area contributed by atoms with E-state index in [-0.39, 0.29) is 0 Å². The molecule has 0 saturated heterocycles. The Morgan fingerprint density at radius 2 is 2.00 bits per heavy atom. The number of para-hydroxylation sites is 1. The molecule has 20 heavy (non-hydrogen) atoms. The SMILES string of the molecule is c1ccc(Nc2ccnc3[nH]c4c(c23)C[N]CC4)cc1. The van der Waals surface area contributed by atoms with Gasteiger partial charge in [0.25, 0.3) is 0 Å². The first-order chi connectivity index (χ1) is 9.92. The molecule has 2 N–H and O–H groups in total. The fourth-order valence-electron chi connectivity index (χ4n) is 2.78. The molecular formula is C16H15N4. The van der Waals surface area contributed by atoms with Crippen molar-refractivity contribution in [2.45, 2.75) is 13.0 Å². The van der Waals surface area contributed by atoms with Gasteiger partial charge in [0, 0.05) is 42.5 Å². The number of fused-ring (bicyclic) bond motifs is 3. The molecule has 3 heterocycles. The molecule has 2 aromatic heterocycles. The van der Waals surface area contributed by atoms with Crippen molar-refractivity contribution in [3.63, 3.8) is 0 Å². The number of rotatable bonds is 2. The van der Waals surface area contributed by atoms with Crippen molar-refractivity contribution in [3.05, 3.63) is 53.9 Å². The Morgan fingerprint density at radius 3 is 2.90 bits per heavy atom. The van der Waals surface area contributed by atoms with E-state index in [2.05, 4.69) is 32.7 Å². The van der Waals surface area contributed by atoms with Crippen molar-refractivity contribution in [1.29, 1.82) is 0 Å². The summed E-state index contributed by atoms with van der Waals surface area (Å²) in [7, 11) is 0. The molecule has 0 bridgehead atoms. The van der Waals surface area contributed by atoms with Gasteiger partial charge in [-0.2, -0.15) is 0 Å². The molecule has 0 atom stereocenters. The Morgan fingerprint density at radius 1 is 1.10 bits per heavy atom. The number of aromatic amines is 1. The number of H-pyrrole nitrogens is 1. The highest BCUT2D eigenvalue weighted by Gasteiger charge is 2.18. The van der Waals surface area contributed by atoms with Crippen molar-refractivity contribution in [2.24, 2.45) is 0 Å². The number of aromatic nitrogens is 2. The fourth-order valence-corrected chi connectivity index (χ4v) is 2.78. The number of pyridine rings is 1. The standard InChI is InChI=1S/C16H15N4/c1-2-4-11(5-3-1)19-14-7-9-18-16-15(14)12-10-17-8-6-13(12)20-16/h1-5,7,9H,6,8,10H2,(H2,18,19,20). The average molecular weight is 263 g/mol. The summed E-state index contributed by atoms with van der Waals surface area (Å²) in [6, 6.07) is 12.2. The molecule has 0 aliphatic carbocycles. The first-order valence-electron chi connectivity index (χ1n) is 6.85. The smallest absolute Gasteiger partial charge is 0.139 e. The summed E-state index contributed by atoms with van der Waals surface area (Å²) in [6.07, 6.45) is 2.82. The largest absolute Gasteiger partial charge is 0.355 e. The Hall–Kier alpha value is -2.33. The molecule has 0 saturated carbocycles. The summed E-state index contributed by atoms with van der Waals surface area (Å²) >= 11 is 0. The topological polar surface area (TPSA) is 54.8 Å². The number of nitrogens with one attached hydrogen (secondary N) is 2. The first kappa shape index (κ1) is 11.5. The molecule has 0 amide bonds. The third-order valence-electron chi connectivity index (χ3n) is 3.73. The number of benzene rings is 1. The lowest BCUT2D eigenvalue weighted by molar-refractivity contribution is 0.627. The number of hydrogen-bond donors (Lipinski definition) is 2. The molecule has 0 spiro atoms. The van der Waals surface area contributed by atoms with Crippen LogP contribution in [-0.2, 0) is 13.0 Å².